The Labute approximate surface area is 189 Å². The second-order valence-electron chi connectivity index (χ2n) is 5.16. The maximum atomic E-state index is 12.0. The van der Waals surface area contributed by atoms with Gasteiger partial charge in [-0.05, 0) is 0 Å². The molecule has 0 amide bonds. The fourth-order valence-electron chi connectivity index (χ4n) is 1.59. The molecule has 0 radical (unpaired) electrons. The molecule has 2 aromatic rings. The fraction of sp³-hybridized carbons (Fsp3) is 0.0909. The minimum atomic E-state index is -1.83. The number of hydrogen-bond donors (Lipinski definition) is 0. The van der Waals surface area contributed by atoms with E-state index in [1.165, 1.54) is 0 Å². The van der Waals surface area contributed by atoms with E-state index >= 15 is 0 Å². The van der Waals surface area contributed by atoms with Crippen molar-refractivity contribution in [2.75, 3.05) is 0 Å². The molecule has 31 heavy (non-hydrogen) atoms. The van der Waals surface area contributed by atoms with E-state index in [1.807, 2.05) is 24.3 Å². The molecule has 0 fully saturated rings. The Morgan fingerprint density at radius 2 is 0.903 bits per heavy atom. The Hall–Kier alpha value is -2.45. The van der Waals surface area contributed by atoms with Gasteiger partial charge in [0.1, 0.15) is 0 Å². The number of rotatable bonds is 0. The first-order chi connectivity index (χ1) is 14.3. The first-order valence-corrected chi connectivity index (χ1v) is 8.10. The van der Waals surface area contributed by atoms with Gasteiger partial charge in [0, 0.05) is 23.3 Å². The van der Waals surface area contributed by atoms with Crippen LogP contribution in [0.25, 0.3) is 0 Å². The Morgan fingerprint density at radius 1 is 0.548 bits per heavy atom. The van der Waals surface area contributed by atoms with Gasteiger partial charge in [-0.25, -0.2) is 41.9 Å². The fourth-order valence-corrected chi connectivity index (χ4v) is 1.59. The zero-order valence-electron chi connectivity index (χ0n) is 15.6. The van der Waals surface area contributed by atoms with E-state index in [4.69, 9.17) is 0 Å². The van der Waals surface area contributed by atoms with Crippen molar-refractivity contribution in [2.45, 2.75) is 12.8 Å². The van der Waals surface area contributed by atoms with Gasteiger partial charge < -0.3 is 0 Å². The average Bonchev–Trinajstić information content (AvgIpc) is 3.50. The summed E-state index contributed by atoms with van der Waals surface area (Å²) in [5.41, 5.74) is 0. The molecule has 0 atom stereocenters. The number of benzene rings is 2. The second-order valence-corrected chi connectivity index (χ2v) is 5.16. The number of hydrogen-bond acceptors (Lipinski definition) is 0. The predicted molar refractivity (Wildman–Crippen MR) is 93.4 cm³/mol. The third-order valence-electron chi connectivity index (χ3n) is 3.01. The van der Waals surface area contributed by atoms with Crippen LogP contribution in [0.15, 0.2) is 48.6 Å². The largest absolute Gasteiger partial charge is 4.00 e. The molecule has 0 saturated carbocycles. The molecule has 0 nitrogen and oxygen atoms in total. The maximum Gasteiger partial charge on any atom is 4.00 e. The Morgan fingerprint density at radius 3 is 1.10 bits per heavy atom. The third kappa shape index (κ3) is 10.4. The Kier molecular flexibility index (Phi) is 14.2. The summed E-state index contributed by atoms with van der Waals surface area (Å²) in [4.78, 5) is 0. The summed E-state index contributed by atoms with van der Waals surface area (Å²) in [6.45, 7) is 0. The summed E-state index contributed by atoms with van der Waals surface area (Å²) in [6.07, 6.45) is 20.0. The van der Waals surface area contributed by atoms with Crippen molar-refractivity contribution >= 4 is 0 Å². The van der Waals surface area contributed by atoms with Crippen molar-refractivity contribution in [2.24, 2.45) is 0 Å². The van der Waals surface area contributed by atoms with E-state index in [0.717, 1.165) is 12.8 Å². The van der Waals surface area contributed by atoms with E-state index < -0.39 is 46.5 Å². The first kappa shape index (κ1) is 28.6. The van der Waals surface area contributed by atoms with Crippen LogP contribution < -0.4 is 0 Å². The summed E-state index contributed by atoms with van der Waals surface area (Å²) in [6, 6.07) is 3.90. The molecule has 2 aliphatic carbocycles. The predicted octanol–water partition coefficient (Wildman–Crippen LogP) is 6.70. The molecule has 0 heterocycles. The second kappa shape index (κ2) is 15.4. The molecule has 0 aliphatic heterocycles. The summed E-state index contributed by atoms with van der Waals surface area (Å²) in [5, 5.41) is 0. The van der Waals surface area contributed by atoms with Crippen molar-refractivity contribution in [1.29, 1.82) is 0 Å². The SMILES string of the molecule is Fc1[c-]cc(F)c(F)c1F.Fc1[c-]cc(F)c(F)c1F.[C-]1=CC=CC1.[C-]1=CC=CC1.[Ti+4]. The van der Waals surface area contributed by atoms with Gasteiger partial charge in [0.25, 0.3) is 0 Å². The van der Waals surface area contributed by atoms with Crippen LogP contribution in [0.1, 0.15) is 12.8 Å². The van der Waals surface area contributed by atoms with Crippen molar-refractivity contribution in [1.82, 2.24) is 0 Å². The van der Waals surface area contributed by atoms with Gasteiger partial charge >= 0.3 is 21.7 Å². The molecule has 9 heteroatoms. The summed E-state index contributed by atoms with van der Waals surface area (Å²) >= 11 is 0. The number of allylic oxidation sites excluding steroid dienone is 8. The van der Waals surface area contributed by atoms with Crippen molar-refractivity contribution < 1.29 is 56.8 Å². The van der Waals surface area contributed by atoms with Gasteiger partial charge in [0.15, 0.2) is 0 Å². The van der Waals surface area contributed by atoms with Crippen molar-refractivity contribution in [3.8, 4) is 0 Å². The van der Waals surface area contributed by atoms with E-state index in [0.29, 0.717) is 12.1 Å². The zero-order valence-corrected chi connectivity index (χ0v) is 17.1. The molecule has 4 rings (SSSR count). The molecule has 0 spiro atoms. The zero-order chi connectivity index (χ0) is 22.5. The Bertz CT molecular complexity index is 798. The summed E-state index contributed by atoms with van der Waals surface area (Å²) in [7, 11) is 0. The molecule has 0 aromatic heterocycles. The molecule has 0 saturated heterocycles. The molecule has 2 aromatic carbocycles. The van der Waals surface area contributed by atoms with Crippen LogP contribution in [0.4, 0.5) is 35.1 Å². The quantitative estimate of drug-likeness (QED) is 0.131. The van der Waals surface area contributed by atoms with E-state index in [2.05, 4.69) is 24.3 Å². The summed E-state index contributed by atoms with van der Waals surface area (Å²) < 4.78 is 95.6. The minimum absolute atomic E-state index is 0. The van der Waals surface area contributed by atoms with Crippen LogP contribution in [-0.2, 0) is 21.7 Å². The van der Waals surface area contributed by atoms with Crippen LogP contribution >= 0.6 is 0 Å². The first-order valence-electron chi connectivity index (χ1n) is 8.10. The molecule has 0 unspecified atom stereocenters. The van der Waals surface area contributed by atoms with Gasteiger partial charge in [-0.3, -0.25) is 29.7 Å². The molecular weight excluding hydrogens is 464 g/mol. The van der Waals surface area contributed by atoms with Crippen molar-refractivity contribution in [3.63, 3.8) is 0 Å². The van der Waals surface area contributed by atoms with Crippen LogP contribution in [0.2, 0.25) is 0 Å². The normalized spacial score (nSPS) is 12.1. The van der Waals surface area contributed by atoms with Crippen LogP contribution in [-0.4, -0.2) is 0 Å². The molecular formula is C22H12F8Ti. The summed E-state index contributed by atoms with van der Waals surface area (Å²) in [5.74, 6) is -13.2. The average molecular weight is 476 g/mol. The molecule has 0 N–H and O–H groups in total. The van der Waals surface area contributed by atoms with Crippen LogP contribution in [0.5, 0.6) is 0 Å². The van der Waals surface area contributed by atoms with Crippen molar-refractivity contribution in [3.05, 3.63) is 119 Å². The monoisotopic (exact) mass is 476 g/mol. The van der Waals surface area contributed by atoms with E-state index in [-0.39, 0.29) is 21.7 Å². The van der Waals surface area contributed by atoms with Gasteiger partial charge in [0.2, 0.25) is 0 Å². The maximum absolute atomic E-state index is 12.0. The van der Waals surface area contributed by atoms with Gasteiger partial charge in [0.05, 0.1) is 23.3 Å². The van der Waals surface area contributed by atoms with Gasteiger partial charge in [-0.15, -0.1) is 37.1 Å². The number of halogens is 8. The van der Waals surface area contributed by atoms with E-state index in [9.17, 15) is 35.1 Å². The molecule has 2 aliphatic rings. The Balaban J connectivity index is 0.000000401. The van der Waals surface area contributed by atoms with E-state index in [1.54, 1.807) is 12.1 Å². The molecule has 0 bridgehead atoms. The standard InChI is InChI=1S/2C6HF4.2C5H5.Ti/c2*7-3-1-2-4(8)6(10)5(3)9;2*1-2-4-5-3-1;/h2*1H;2*1-3H,4H2;/q4*-1;+4. The molecule has 160 valence electrons. The minimum Gasteiger partial charge on any atom is -0.281 e. The topological polar surface area (TPSA) is 0 Å². The van der Waals surface area contributed by atoms with Gasteiger partial charge in [-0.1, -0.05) is 0 Å². The van der Waals surface area contributed by atoms with Gasteiger partial charge in [-0.2, -0.15) is 12.2 Å². The smallest absolute Gasteiger partial charge is 0.281 e. The van der Waals surface area contributed by atoms with Crippen LogP contribution in [0.3, 0.4) is 0 Å². The third-order valence-corrected chi connectivity index (χ3v) is 3.01. The van der Waals surface area contributed by atoms with Crippen LogP contribution in [0, 0.1) is 70.8 Å².